The van der Waals surface area contributed by atoms with Crippen molar-refractivity contribution in [3.05, 3.63) is 24.8 Å². The van der Waals surface area contributed by atoms with E-state index in [1.807, 2.05) is 0 Å². The Morgan fingerprint density at radius 3 is 2.60 bits per heavy atom. The van der Waals surface area contributed by atoms with Crippen molar-refractivity contribution in [3.63, 3.8) is 0 Å². The molecular formula is C9H9N5O. The van der Waals surface area contributed by atoms with Crippen LogP contribution in [0, 0.1) is 0 Å². The lowest BCUT2D eigenvalue weighted by atomic mass is 10.2. The Hall–Kier alpha value is -2.24. The lowest BCUT2D eigenvalue weighted by molar-refractivity contribution is 0.398. The van der Waals surface area contributed by atoms with Crippen molar-refractivity contribution in [2.75, 3.05) is 12.8 Å². The molecule has 0 unspecified atom stereocenters. The molecule has 76 valence electrons. The van der Waals surface area contributed by atoms with Crippen LogP contribution in [0.15, 0.2) is 24.8 Å². The van der Waals surface area contributed by atoms with Crippen LogP contribution >= 0.6 is 0 Å². The minimum absolute atomic E-state index is 0.160. The quantitative estimate of drug-likeness (QED) is 0.765. The van der Waals surface area contributed by atoms with E-state index in [4.69, 9.17) is 10.5 Å². The van der Waals surface area contributed by atoms with Gasteiger partial charge in [0.2, 0.25) is 11.8 Å². The van der Waals surface area contributed by atoms with Gasteiger partial charge in [0, 0.05) is 24.0 Å². The molecule has 2 rings (SSSR count). The van der Waals surface area contributed by atoms with Gasteiger partial charge in [-0.1, -0.05) is 0 Å². The Labute approximate surface area is 86.2 Å². The molecule has 0 atom stereocenters. The SMILES string of the molecule is COc1cc(-c2cncnc2)nc(N)n1. The molecule has 6 nitrogen and oxygen atoms in total. The zero-order valence-corrected chi connectivity index (χ0v) is 8.08. The molecule has 0 saturated carbocycles. The van der Waals surface area contributed by atoms with Crippen LogP contribution in [0.1, 0.15) is 0 Å². The summed E-state index contributed by atoms with van der Waals surface area (Å²) in [6.45, 7) is 0. The summed E-state index contributed by atoms with van der Waals surface area (Å²) in [5.41, 5.74) is 6.94. The smallest absolute Gasteiger partial charge is 0.223 e. The maximum absolute atomic E-state index is 5.53. The first kappa shape index (κ1) is 9.32. The normalized spacial score (nSPS) is 9.93. The molecule has 0 aromatic carbocycles. The summed E-state index contributed by atoms with van der Waals surface area (Å²) in [6.07, 6.45) is 4.74. The van der Waals surface area contributed by atoms with Gasteiger partial charge in [-0.05, 0) is 0 Å². The summed E-state index contributed by atoms with van der Waals surface area (Å²) < 4.78 is 4.99. The topological polar surface area (TPSA) is 86.8 Å². The minimum atomic E-state index is 0.160. The highest BCUT2D eigenvalue weighted by atomic mass is 16.5. The van der Waals surface area contributed by atoms with Gasteiger partial charge in [-0.25, -0.2) is 15.0 Å². The van der Waals surface area contributed by atoms with Crippen molar-refractivity contribution in [1.29, 1.82) is 0 Å². The van der Waals surface area contributed by atoms with E-state index in [0.29, 0.717) is 11.6 Å². The molecule has 2 heterocycles. The summed E-state index contributed by atoms with van der Waals surface area (Å²) in [5, 5.41) is 0. The summed E-state index contributed by atoms with van der Waals surface area (Å²) >= 11 is 0. The molecule has 0 amide bonds. The number of anilines is 1. The van der Waals surface area contributed by atoms with Crippen molar-refractivity contribution in [1.82, 2.24) is 19.9 Å². The molecule has 2 aromatic rings. The summed E-state index contributed by atoms with van der Waals surface area (Å²) in [7, 11) is 1.52. The predicted octanol–water partition coefficient (Wildman–Crippen LogP) is 0.524. The molecular weight excluding hydrogens is 194 g/mol. The molecule has 0 aliphatic rings. The van der Waals surface area contributed by atoms with Gasteiger partial charge in [-0.15, -0.1) is 0 Å². The summed E-state index contributed by atoms with van der Waals surface area (Å²) in [5.74, 6) is 0.578. The lowest BCUT2D eigenvalue weighted by Gasteiger charge is -2.03. The standard InChI is InChI=1S/C9H9N5O/c1-15-8-2-7(13-9(10)14-8)6-3-11-5-12-4-6/h2-5H,1H3,(H2,10,13,14). The third kappa shape index (κ3) is 1.98. The zero-order chi connectivity index (χ0) is 10.7. The number of nitrogens with zero attached hydrogens (tertiary/aromatic N) is 4. The van der Waals surface area contributed by atoms with Crippen LogP contribution < -0.4 is 10.5 Å². The lowest BCUT2D eigenvalue weighted by Crippen LogP contribution is -1.99. The van der Waals surface area contributed by atoms with Crippen LogP contribution in [0.4, 0.5) is 5.95 Å². The van der Waals surface area contributed by atoms with Crippen LogP contribution in [0.2, 0.25) is 0 Å². The Morgan fingerprint density at radius 2 is 1.93 bits per heavy atom. The van der Waals surface area contributed by atoms with Gasteiger partial charge in [-0.3, -0.25) is 0 Å². The third-order valence-electron chi connectivity index (χ3n) is 1.79. The zero-order valence-electron chi connectivity index (χ0n) is 8.08. The third-order valence-corrected chi connectivity index (χ3v) is 1.79. The van der Waals surface area contributed by atoms with Gasteiger partial charge in [0.1, 0.15) is 6.33 Å². The fourth-order valence-corrected chi connectivity index (χ4v) is 1.13. The predicted molar refractivity (Wildman–Crippen MR) is 54.0 cm³/mol. The molecule has 0 bridgehead atoms. The molecule has 2 aromatic heterocycles. The highest BCUT2D eigenvalue weighted by molar-refractivity contribution is 5.58. The second kappa shape index (κ2) is 3.87. The fraction of sp³-hybridized carbons (Fsp3) is 0.111. The molecule has 0 spiro atoms. The first-order valence-corrected chi connectivity index (χ1v) is 4.23. The van der Waals surface area contributed by atoms with Gasteiger partial charge < -0.3 is 10.5 Å². The van der Waals surface area contributed by atoms with Gasteiger partial charge in [0.25, 0.3) is 0 Å². The number of hydrogen-bond donors (Lipinski definition) is 1. The van der Waals surface area contributed by atoms with Crippen LogP contribution in [-0.2, 0) is 0 Å². The van der Waals surface area contributed by atoms with Gasteiger partial charge in [0.15, 0.2) is 0 Å². The van der Waals surface area contributed by atoms with E-state index in [-0.39, 0.29) is 5.95 Å². The number of aromatic nitrogens is 4. The van der Waals surface area contributed by atoms with Crippen molar-refractivity contribution in [2.45, 2.75) is 0 Å². The Morgan fingerprint density at radius 1 is 1.20 bits per heavy atom. The van der Waals surface area contributed by atoms with E-state index in [1.165, 1.54) is 13.4 Å². The molecule has 0 aliphatic heterocycles. The monoisotopic (exact) mass is 203 g/mol. The first-order chi connectivity index (χ1) is 7.29. The maximum Gasteiger partial charge on any atom is 0.223 e. The van der Waals surface area contributed by atoms with Crippen molar-refractivity contribution < 1.29 is 4.74 Å². The van der Waals surface area contributed by atoms with Crippen LogP contribution in [0.5, 0.6) is 5.88 Å². The van der Waals surface area contributed by atoms with Crippen LogP contribution in [-0.4, -0.2) is 27.0 Å². The maximum atomic E-state index is 5.53. The highest BCUT2D eigenvalue weighted by Crippen LogP contribution is 2.19. The van der Waals surface area contributed by atoms with Gasteiger partial charge in [0.05, 0.1) is 12.8 Å². The van der Waals surface area contributed by atoms with E-state index < -0.39 is 0 Å². The molecule has 15 heavy (non-hydrogen) atoms. The molecule has 2 N–H and O–H groups in total. The molecule has 0 saturated heterocycles. The van der Waals surface area contributed by atoms with Crippen molar-refractivity contribution in [3.8, 4) is 17.1 Å². The van der Waals surface area contributed by atoms with Crippen LogP contribution in [0.3, 0.4) is 0 Å². The fourth-order valence-electron chi connectivity index (χ4n) is 1.13. The van der Waals surface area contributed by atoms with E-state index in [1.54, 1.807) is 18.5 Å². The Bertz CT molecular complexity index is 459. The Balaban J connectivity index is 2.49. The average molecular weight is 203 g/mol. The minimum Gasteiger partial charge on any atom is -0.481 e. The number of nitrogen functional groups attached to an aromatic ring is 1. The number of nitrogens with two attached hydrogens (primary N) is 1. The average Bonchev–Trinajstić information content (AvgIpc) is 2.29. The van der Waals surface area contributed by atoms with E-state index >= 15 is 0 Å². The molecule has 0 aliphatic carbocycles. The number of rotatable bonds is 2. The highest BCUT2D eigenvalue weighted by Gasteiger charge is 2.04. The number of ether oxygens (including phenoxy) is 1. The van der Waals surface area contributed by atoms with Gasteiger partial charge in [-0.2, -0.15) is 4.98 Å². The second-order valence-electron chi connectivity index (χ2n) is 2.78. The summed E-state index contributed by atoms with van der Waals surface area (Å²) in [6, 6.07) is 1.68. The van der Waals surface area contributed by atoms with Crippen molar-refractivity contribution >= 4 is 5.95 Å². The molecule has 0 fully saturated rings. The molecule has 0 radical (unpaired) electrons. The second-order valence-corrected chi connectivity index (χ2v) is 2.78. The number of methoxy groups -OCH3 is 1. The Kier molecular flexibility index (Phi) is 2.40. The van der Waals surface area contributed by atoms with Gasteiger partial charge >= 0.3 is 0 Å². The van der Waals surface area contributed by atoms with Crippen LogP contribution in [0.25, 0.3) is 11.3 Å². The van der Waals surface area contributed by atoms with E-state index in [0.717, 1.165) is 5.56 Å². The largest absolute Gasteiger partial charge is 0.481 e. The first-order valence-electron chi connectivity index (χ1n) is 4.23. The molecule has 6 heteroatoms. The van der Waals surface area contributed by atoms with E-state index in [2.05, 4.69) is 19.9 Å². The van der Waals surface area contributed by atoms with Crippen molar-refractivity contribution in [2.24, 2.45) is 0 Å². The summed E-state index contributed by atoms with van der Waals surface area (Å²) in [4.78, 5) is 15.7. The van der Waals surface area contributed by atoms with E-state index in [9.17, 15) is 0 Å². The number of hydrogen-bond acceptors (Lipinski definition) is 6.